The Morgan fingerprint density at radius 1 is 1.10 bits per heavy atom. The summed E-state index contributed by atoms with van der Waals surface area (Å²) in [7, 11) is -3.77. The smallest absolute Gasteiger partial charge is 0.387 e. The molecule has 1 N–H and O–H groups in total. The molecule has 7 heteroatoms. The van der Waals surface area contributed by atoms with Crippen molar-refractivity contribution in [3.63, 3.8) is 0 Å². The zero-order chi connectivity index (χ0) is 15.5. The van der Waals surface area contributed by atoms with Gasteiger partial charge < -0.3 is 4.74 Å². The van der Waals surface area contributed by atoms with Gasteiger partial charge in [-0.3, -0.25) is 4.72 Å². The van der Waals surface area contributed by atoms with Gasteiger partial charge in [0, 0.05) is 6.07 Å². The van der Waals surface area contributed by atoms with Crippen molar-refractivity contribution in [2.45, 2.75) is 18.4 Å². The molecule has 0 aliphatic heterocycles. The summed E-state index contributed by atoms with van der Waals surface area (Å²) in [5.74, 6) is -0.117. The summed E-state index contributed by atoms with van der Waals surface area (Å²) in [6.07, 6.45) is 0. The quantitative estimate of drug-likeness (QED) is 0.920. The highest BCUT2D eigenvalue weighted by Gasteiger charge is 2.14. The number of ether oxygens (including phenoxy) is 1. The highest BCUT2D eigenvalue weighted by Crippen LogP contribution is 2.22. The van der Waals surface area contributed by atoms with Crippen LogP contribution in [0.3, 0.4) is 0 Å². The lowest BCUT2D eigenvalue weighted by Crippen LogP contribution is -2.13. The molecule has 0 fully saturated rings. The van der Waals surface area contributed by atoms with Crippen LogP contribution < -0.4 is 9.46 Å². The summed E-state index contributed by atoms with van der Waals surface area (Å²) < 4.78 is 55.1. The van der Waals surface area contributed by atoms with Crippen molar-refractivity contribution in [2.75, 3.05) is 4.72 Å². The van der Waals surface area contributed by atoms with Crippen molar-refractivity contribution in [3.05, 3.63) is 54.1 Å². The normalized spacial score (nSPS) is 11.4. The van der Waals surface area contributed by atoms with Crippen molar-refractivity contribution >= 4 is 15.7 Å². The third kappa shape index (κ3) is 4.16. The first-order valence-electron chi connectivity index (χ1n) is 6.01. The van der Waals surface area contributed by atoms with Gasteiger partial charge in [-0.05, 0) is 31.2 Å². The minimum atomic E-state index is -3.77. The molecule has 0 aliphatic carbocycles. The molecule has 112 valence electrons. The van der Waals surface area contributed by atoms with Gasteiger partial charge in [0.05, 0.1) is 10.6 Å². The van der Waals surface area contributed by atoms with Gasteiger partial charge in [0.1, 0.15) is 5.75 Å². The fourth-order valence-corrected chi connectivity index (χ4v) is 2.72. The third-order valence-electron chi connectivity index (χ3n) is 2.64. The summed E-state index contributed by atoms with van der Waals surface area (Å²) in [6, 6.07) is 11.7. The fraction of sp³-hybridized carbons (Fsp3) is 0.143. The predicted octanol–water partition coefficient (Wildman–Crippen LogP) is 3.40. The number of rotatable bonds is 5. The molecule has 0 amide bonds. The number of hydrogen-bond donors (Lipinski definition) is 1. The molecular formula is C14H13F2NO3S. The van der Waals surface area contributed by atoms with Crippen LogP contribution in [-0.4, -0.2) is 15.0 Å². The highest BCUT2D eigenvalue weighted by atomic mass is 32.2. The van der Waals surface area contributed by atoms with E-state index in [2.05, 4.69) is 9.46 Å². The van der Waals surface area contributed by atoms with Crippen LogP contribution in [0.4, 0.5) is 14.5 Å². The van der Waals surface area contributed by atoms with Crippen molar-refractivity contribution in [2.24, 2.45) is 0 Å². The van der Waals surface area contributed by atoms with E-state index in [1.807, 2.05) is 6.92 Å². The average molecular weight is 313 g/mol. The zero-order valence-electron chi connectivity index (χ0n) is 11.1. The first-order valence-corrected chi connectivity index (χ1v) is 7.49. The molecule has 2 aromatic rings. The number of halogens is 2. The van der Waals surface area contributed by atoms with Gasteiger partial charge in [0.25, 0.3) is 10.0 Å². The van der Waals surface area contributed by atoms with Gasteiger partial charge in [0.2, 0.25) is 0 Å². The van der Waals surface area contributed by atoms with Crippen LogP contribution in [0.1, 0.15) is 5.56 Å². The summed E-state index contributed by atoms with van der Waals surface area (Å²) in [5.41, 5.74) is 1.08. The number of benzene rings is 2. The largest absolute Gasteiger partial charge is 0.435 e. The molecule has 0 unspecified atom stereocenters. The van der Waals surface area contributed by atoms with E-state index in [1.165, 1.54) is 36.4 Å². The Morgan fingerprint density at radius 2 is 1.76 bits per heavy atom. The molecule has 0 aromatic heterocycles. The van der Waals surface area contributed by atoms with E-state index in [1.54, 1.807) is 12.1 Å². The topological polar surface area (TPSA) is 55.4 Å². The van der Waals surface area contributed by atoms with Crippen molar-refractivity contribution in [1.29, 1.82) is 0 Å². The lowest BCUT2D eigenvalue weighted by atomic mass is 10.2. The number of nitrogens with one attached hydrogen (secondary N) is 1. The molecule has 0 heterocycles. The SMILES string of the molecule is Cc1ccc(S(=O)(=O)Nc2cccc(OC(F)F)c2)cc1. The minimum absolute atomic E-state index is 0.0910. The Kier molecular flexibility index (Phi) is 4.42. The molecule has 21 heavy (non-hydrogen) atoms. The van der Waals surface area contributed by atoms with E-state index in [0.29, 0.717) is 0 Å². The Labute approximate surface area is 121 Å². The first-order chi connectivity index (χ1) is 9.87. The number of sulfonamides is 1. The lowest BCUT2D eigenvalue weighted by Gasteiger charge is -2.10. The van der Waals surface area contributed by atoms with Crippen LogP contribution in [0.5, 0.6) is 5.75 Å². The van der Waals surface area contributed by atoms with Gasteiger partial charge in [-0.15, -0.1) is 0 Å². The van der Waals surface area contributed by atoms with Crippen LogP contribution in [0.25, 0.3) is 0 Å². The third-order valence-corrected chi connectivity index (χ3v) is 4.04. The molecule has 4 nitrogen and oxygen atoms in total. The Bertz CT molecular complexity index is 715. The number of anilines is 1. The van der Waals surface area contributed by atoms with E-state index < -0.39 is 16.6 Å². The number of aryl methyl sites for hydroxylation is 1. The number of hydrogen-bond acceptors (Lipinski definition) is 3. The number of alkyl halides is 2. The van der Waals surface area contributed by atoms with Crippen molar-refractivity contribution < 1.29 is 21.9 Å². The Hall–Kier alpha value is -2.15. The second-order valence-corrected chi connectivity index (χ2v) is 6.01. The second-order valence-electron chi connectivity index (χ2n) is 4.32. The minimum Gasteiger partial charge on any atom is -0.435 e. The maximum atomic E-state index is 12.1. The Balaban J connectivity index is 2.22. The van der Waals surface area contributed by atoms with Gasteiger partial charge >= 0.3 is 6.61 Å². The average Bonchev–Trinajstić information content (AvgIpc) is 2.38. The Morgan fingerprint density at radius 3 is 2.38 bits per heavy atom. The first kappa shape index (κ1) is 15.2. The monoisotopic (exact) mass is 313 g/mol. The molecule has 2 aromatic carbocycles. The highest BCUT2D eigenvalue weighted by molar-refractivity contribution is 7.92. The van der Waals surface area contributed by atoms with E-state index in [0.717, 1.165) is 5.56 Å². The molecule has 2 rings (SSSR count). The molecule has 0 saturated carbocycles. The molecule has 0 atom stereocenters. The molecule has 0 aliphatic rings. The second kappa shape index (κ2) is 6.09. The van der Waals surface area contributed by atoms with Crippen molar-refractivity contribution in [1.82, 2.24) is 0 Å². The summed E-state index contributed by atoms with van der Waals surface area (Å²) in [6.45, 7) is -1.12. The zero-order valence-corrected chi connectivity index (χ0v) is 11.9. The summed E-state index contributed by atoms with van der Waals surface area (Å²) in [5, 5.41) is 0. The van der Waals surface area contributed by atoms with E-state index in [4.69, 9.17) is 0 Å². The molecule has 0 saturated heterocycles. The molecule has 0 radical (unpaired) electrons. The van der Waals surface area contributed by atoms with Crippen LogP contribution in [-0.2, 0) is 10.0 Å². The molecule has 0 bridgehead atoms. The van der Waals surface area contributed by atoms with E-state index >= 15 is 0 Å². The van der Waals surface area contributed by atoms with Gasteiger partial charge in [-0.25, -0.2) is 8.42 Å². The van der Waals surface area contributed by atoms with E-state index in [-0.39, 0.29) is 16.3 Å². The standard InChI is InChI=1S/C14H13F2NO3S/c1-10-5-7-13(8-6-10)21(18,19)17-11-3-2-4-12(9-11)20-14(15)16/h2-9,14,17H,1H3. The maximum absolute atomic E-state index is 12.1. The fourth-order valence-electron chi connectivity index (χ4n) is 1.67. The van der Waals surface area contributed by atoms with Crippen molar-refractivity contribution in [3.8, 4) is 5.75 Å². The van der Waals surface area contributed by atoms with Crippen LogP contribution in [0, 0.1) is 6.92 Å². The van der Waals surface area contributed by atoms with Crippen LogP contribution >= 0.6 is 0 Å². The molecule has 0 spiro atoms. The van der Waals surface area contributed by atoms with E-state index in [9.17, 15) is 17.2 Å². The van der Waals surface area contributed by atoms with Crippen LogP contribution in [0.2, 0.25) is 0 Å². The van der Waals surface area contributed by atoms with Gasteiger partial charge in [-0.1, -0.05) is 23.8 Å². The van der Waals surface area contributed by atoms with Gasteiger partial charge in [0.15, 0.2) is 0 Å². The lowest BCUT2D eigenvalue weighted by molar-refractivity contribution is -0.0497. The maximum Gasteiger partial charge on any atom is 0.387 e. The predicted molar refractivity (Wildman–Crippen MR) is 75.1 cm³/mol. The summed E-state index contributed by atoms with van der Waals surface area (Å²) >= 11 is 0. The summed E-state index contributed by atoms with van der Waals surface area (Å²) in [4.78, 5) is 0.0910. The molecular weight excluding hydrogens is 300 g/mol. The van der Waals surface area contributed by atoms with Gasteiger partial charge in [-0.2, -0.15) is 8.78 Å². The van der Waals surface area contributed by atoms with Crippen LogP contribution in [0.15, 0.2) is 53.4 Å².